The summed E-state index contributed by atoms with van der Waals surface area (Å²) >= 11 is 0. The largest absolute Gasteiger partial charge is 0.413 e. The molecule has 0 radical (unpaired) electrons. The van der Waals surface area contributed by atoms with Gasteiger partial charge >= 0.3 is 0 Å². The Morgan fingerprint density at radius 1 is 1.32 bits per heavy atom. The van der Waals surface area contributed by atoms with Crippen molar-refractivity contribution in [2.75, 3.05) is 6.54 Å². The summed E-state index contributed by atoms with van der Waals surface area (Å²) in [5, 5.41) is 11.6. The molecule has 0 aliphatic rings. The average Bonchev–Trinajstić information content (AvgIpc) is 2.21. The Morgan fingerprint density at radius 2 is 1.84 bits per heavy atom. The second-order valence-corrected chi connectivity index (χ2v) is 11.1. The van der Waals surface area contributed by atoms with Crippen LogP contribution >= 0.6 is 0 Å². The molecule has 0 rings (SSSR count). The standard InChI is InChI=1S/C13H26F2N2OSi/c1-10(18-19(5,6)13(2,3)4)11(7-8-16)17-9-12(14)15/h10-12,17H,7,9H2,1-6H3. The summed E-state index contributed by atoms with van der Waals surface area (Å²) in [6.07, 6.45) is -2.50. The first-order chi connectivity index (χ1) is 8.51. The first kappa shape index (κ1) is 18.5. The molecule has 112 valence electrons. The highest BCUT2D eigenvalue weighted by atomic mass is 28.4. The van der Waals surface area contributed by atoms with E-state index in [2.05, 4.69) is 39.2 Å². The fraction of sp³-hybridized carbons (Fsp3) is 0.923. The van der Waals surface area contributed by atoms with E-state index < -0.39 is 21.3 Å². The molecule has 6 heteroatoms. The van der Waals surface area contributed by atoms with Crippen molar-refractivity contribution in [1.29, 1.82) is 5.26 Å². The van der Waals surface area contributed by atoms with E-state index in [4.69, 9.17) is 9.69 Å². The number of rotatable bonds is 7. The van der Waals surface area contributed by atoms with Gasteiger partial charge in [0.1, 0.15) is 0 Å². The number of nitriles is 1. The van der Waals surface area contributed by atoms with Crippen LogP contribution in [0.3, 0.4) is 0 Å². The third-order valence-electron chi connectivity index (χ3n) is 3.70. The molecule has 0 aromatic carbocycles. The molecule has 19 heavy (non-hydrogen) atoms. The van der Waals surface area contributed by atoms with Crippen LogP contribution in [0.1, 0.15) is 34.1 Å². The van der Waals surface area contributed by atoms with E-state index in [0.29, 0.717) is 0 Å². The SMILES string of the molecule is CC(O[Si](C)(C)C(C)(C)C)C(CC#N)NCC(F)F. The van der Waals surface area contributed by atoms with Gasteiger partial charge in [0, 0.05) is 6.04 Å². The quantitative estimate of drug-likeness (QED) is 0.730. The molecule has 0 aromatic rings. The lowest BCUT2D eigenvalue weighted by Gasteiger charge is -2.40. The Hall–Kier alpha value is -0.513. The lowest BCUT2D eigenvalue weighted by Crippen LogP contribution is -2.50. The maximum atomic E-state index is 12.2. The van der Waals surface area contributed by atoms with Gasteiger partial charge < -0.3 is 9.74 Å². The van der Waals surface area contributed by atoms with Gasteiger partial charge in [0.05, 0.1) is 25.1 Å². The van der Waals surface area contributed by atoms with Crippen LogP contribution in [-0.2, 0) is 4.43 Å². The maximum Gasteiger partial charge on any atom is 0.250 e. The van der Waals surface area contributed by atoms with E-state index in [-0.39, 0.29) is 23.6 Å². The molecular weight excluding hydrogens is 266 g/mol. The molecule has 0 heterocycles. The summed E-state index contributed by atoms with van der Waals surface area (Å²) in [5.74, 6) is 0. The van der Waals surface area contributed by atoms with E-state index >= 15 is 0 Å². The zero-order valence-corrected chi connectivity index (χ0v) is 13.8. The number of alkyl halides is 2. The summed E-state index contributed by atoms with van der Waals surface area (Å²) in [5.41, 5.74) is 0. The molecule has 0 saturated carbocycles. The smallest absolute Gasteiger partial charge is 0.250 e. The van der Waals surface area contributed by atoms with E-state index in [1.165, 1.54) is 0 Å². The summed E-state index contributed by atoms with van der Waals surface area (Å²) in [4.78, 5) is 0. The Balaban J connectivity index is 4.64. The molecule has 0 saturated heterocycles. The Kier molecular flexibility index (Phi) is 7.12. The predicted molar refractivity (Wildman–Crippen MR) is 75.8 cm³/mol. The molecule has 0 fully saturated rings. The van der Waals surface area contributed by atoms with Crippen LogP contribution < -0.4 is 5.32 Å². The van der Waals surface area contributed by atoms with Crippen LogP contribution in [0.5, 0.6) is 0 Å². The minimum Gasteiger partial charge on any atom is -0.413 e. The third-order valence-corrected chi connectivity index (χ3v) is 8.27. The minimum atomic E-state index is -2.42. The zero-order chi connectivity index (χ0) is 15.3. The topological polar surface area (TPSA) is 45.0 Å². The van der Waals surface area contributed by atoms with Crippen molar-refractivity contribution in [1.82, 2.24) is 5.32 Å². The molecule has 0 spiro atoms. The van der Waals surface area contributed by atoms with Crippen LogP contribution in [0.4, 0.5) is 8.78 Å². The van der Waals surface area contributed by atoms with Gasteiger partial charge in [-0.3, -0.25) is 0 Å². The van der Waals surface area contributed by atoms with Crippen LogP contribution in [0, 0.1) is 11.3 Å². The van der Waals surface area contributed by atoms with Crippen molar-refractivity contribution < 1.29 is 13.2 Å². The number of nitrogens with one attached hydrogen (secondary N) is 1. The Morgan fingerprint density at radius 3 is 2.21 bits per heavy atom. The predicted octanol–water partition coefficient (Wildman–Crippen LogP) is 3.53. The molecule has 1 N–H and O–H groups in total. The highest BCUT2D eigenvalue weighted by Gasteiger charge is 2.39. The van der Waals surface area contributed by atoms with Crippen LogP contribution in [0.25, 0.3) is 0 Å². The van der Waals surface area contributed by atoms with Crippen molar-refractivity contribution in [2.24, 2.45) is 0 Å². The third kappa shape index (κ3) is 6.46. The summed E-state index contributed by atoms with van der Waals surface area (Å²) in [6, 6.07) is 1.67. The van der Waals surface area contributed by atoms with Crippen molar-refractivity contribution >= 4 is 8.32 Å². The second kappa shape index (κ2) is 7.32. The van der Waals surface area contributed by atoms with Gasteiger partial charge in [0.25, 0.3) is 6.43 Å². The highest BCUT2D eigenvalue weighted by Crippen LogP contribution is 2.37. The lowest BCUT2D eigenvalue weighted by atomic mass is 10.1. The van der Waals surface area contributed by atoms with Gasteiger partial charge in [0.15, 0.2) is 8.32 Å². The van der Waals surface area contributed by atoms with E-state index in [0.717, 1.165) is 0 Å². The van der Waals surface area contributed by atoms with E-state index in [1.807, 2.05) is 13.0 Å². The van der Waals surface area contributed by atoms with Gasteiger partial charge in [-0.15, -0.1) is 0 Å². The molecule has 0 bridgehead atoms. The zero-order valence-electron chi connectivity index (χ0n) is 12.8. The van der Waals surface area contributed by atoms with Crippen molar-refractivity contribution in [3.05, 3.63) is 0 Å². The van der Waals surface area contributed by atoms with Gasteiger partial charge in [0.2, 0.25) is 0 Å². The fourth-order valence-corrected chi connectivity index (χ4v) is 2.91. The average molecular weight is 292 g/mol. The molecule has 2 unspecified atom stereocenters. The minimum absolute atomic E-state index is 0.0567. The number of nitrogens with zero attached hydrogens (tertiary/aromatic N) is 1. The number of hydrogen-bond acceptors (Lipinski definition) is 3. The van der Waals surface area contributed by atoms with E-state index in [1.54, 1.807) is 0 Å². The molecule has 0 aliphatic carbocycles. The van der Waals surface area contributed by atoms with Crippen molar-refractivity contribution in [2.45, 2.75) is 70.8 Å². The van der Waals surface area contributed by atoms with Gasteiger partial charge in [-0.25, -0.2) is 8.78 Å². The molecule has 3 nitrogen and oxygen atoms in total. The van der Waals surface area contributed by atoms with Crippen LogP contribution in [0.15, 0.2) is 0 Å². The van der Waals surface area contributed by atoms with Crippen molar-refractivity contribution in [3.8, 4) is 6.07 Å². The molecule has 0 amide bonds. The Labute approximate surface area is 116 Å². The first-order valence-corrected chi connectivity index (χ1v) is 9.48. The molecule has 0 aromatic heterocycles. The molecular formula is C13H26F2N2OSi. The normalized spacial score (nSPS) is 16.2. The van der Waals surface area contributed by atoms with Gasteiger partial charge in [-0.05, 0) is 25.1 Å². The summed E-state index contributed by atoms with van der Waals surface area (Å²) in [6.45, 7) is 12.0. The highest BCUT2D eigenvalue weighted by molar-refractivity contribution is 6.74. The van der Waals surface area contributed by atoms with E-state index in [9.17, 15) is 8.78 Å². The van der Waals surface area contributed by atoms with Gasteiger partial charge in [-0.1, -0.05) is 20.8 Å². The Bertz CT molecular complexity index is 311. The number of hydrogen-bond donors (Lipinski definition) is 1. The first-order valence-electron chi connectivity index (χ1n) is 6.57. The maximum absolute atomic E-state index is 12.2. The van der Waals surface area contributed by atoms with Crippen molar-refractivity contribution in [3.63, 3.8) is 0 Å². The second-order valence-electron chi connectivity index (χ2n) is 6.35. The van der Waals surface area contributed by atoms with Gasteiger partial charge in [-0.2, -0.15) is 5.26 Å². The molecule has 2 atom stereocenters. The summed E-state index contributed by atoms with van der Waals surface area (Å²) in [7, 11) is -1.95. The fourth-order valence-electron chi connectivity index (χ4n) is 1.47. The van der Waals surface area contributed by atoms with Crippen LogP contribution in [-0.4, -0.2) is 33.4 Å². The number of halogens is 2. The lowest BCUT2D eigenvalue weighted by molar-refractivity contribution is 0.114. The van der Waals surface area contributed by atoms with Crippen LogP contribution in [0.2, 0.25) is 18.1 Å². The monoisotopic (exact) mass is 292 g/mol. The molecule has 0 aliphatic heterocycles. The summed E-state index contributed by atoms with van der Waals surface area (Å²) < 4.78 is 30.6.